The van der Waals surface area contributed by atoms with Crippen molar-refractivity contribution in [1.29, 1.82) is 0 Å². The lowest BCUT2D eigenvalue weighted by molar-refractivity contribution is -0.131. The maximum absolute atomic E-state index is 10.4. The van der Waals surface area contributed by atoms with Crippen molar-refractivity contribution in [3.63, 3.8) is 0 Å². The highest BCUT2D eigenvalue weighted by atomic mass is 127. The monoisotopic (exact) mass is 366 g/mol. The first-order valence-corrected chi connectivity index (χ1v) is 5.75. The Kier molecular flexibility index (Phi) is 4.12. The molecule has 1 N–H and O–H groups in total. The minimum atomic E-state index is -0.930. The Labute approximate surface area is 104 Å². The summed E-state index contributed by atoms with van der Waals surface area (Å²) in [6.45, 7) is 1.95. The lowest BCUT2D eigenvalue weighted by atomic mass is 10.1. The van der Waals surface area contributed by atoms with Crippen LogP contribution >= 0.6 is 38.5 Å². The zero-order valence-corrected chi connectivity index (χ0v) is 11.2. The number of benzene rings is 1. The molecule has 0 aliphatic rings. The van der Waals surface area contributed by atoms with Gasteiger partial charge in [0.1, 0.15) is 0 Å². The van der Waals surface area contributed by atoms with Crippen LogP contribution in [0.1, 0.15) is 11.1 Å². The van der Waals surface area contributed by atoms with Crippen LogP contribution in [0.3, 0.4) is 0 Å². The molecule has 4 heteroatoms. The van der Waals surface area contributed by atoms with Crippen molar-refractivity contribution in [3.8, 4) is 0 Å². The maximum Gasteiger partial charge on any atom is 0.328 e. The van der Waals surface area contributed by atoms with Crippen LogP contribution in [0.25, 0.3) is 6.08 Å². The van der Waals surface area contributed by atoms with Gasteiger partial charge in [-0.15, -0.1) is 0 Å². The van der Waals surface area contributed by atoms with Crippen molar-refractivity contribution < 1.29 is 9.90 Å². The molecule has 2 nitrogen and oxygen atoms in total. The standard InChI is InChI=1S/C10H8BrIO2/c1-6-7(2-5-10(13)14)9(12)4-3-8(6)11/h2-5H,1H3,(H,13,14)/b5-2+. The molecule has 1 aromatic rings. The molecule has 0 aliphatic carbocycles. The normalized spacial score (nSPS) is 10.8. The summed E-state index contributed by atoms with van der Waals surface area (Å²) in [5, 5.41) is 8.52. The lowest BCUT2D eigenvalue weighted by Gasteiger charge is -2.05. The second kappa shape index (κ2) is 4.93. The maximum atomic E-state index is 10.4. The van der Waals surface area contributed by atoms with E-state index in [1.165, 1.54) is 0 Å². The highest BCUT2D eigenvalue weighted by molar-refractivity contribution is 14.1. The molecule has 74 valence electrons. The van der Waals surface area contributed by atoms with Gasteiger partial charge in [-0.2, -0.15) is 0 Å². The fourth-order valence-corrected chi connectivity index (χ4v) is 2.14. The molecule has 0 aliphatic heterocycles. The molecular formula is C10H8BrIO2. The molecule has 0 unspecified atom stereocenters. The molecule has 1 aromatic carbocycles. The second-order valence-corrected chi connectivity index (χ2v) is 4.76. The van der Waals surface area contributed by atoms with E-state index in [0.717, 1.165) is 25.2 Å². The Morgan fingerprint density at radius 3 is 2.79 bits per heavy atom. The van der Waals surface area contributed by atoms with Crippen LogP contribution in [0.5, 0.6) is 0 Å². The van der Waals surface area contributed by atoms with Gasteiger partial charge in [0.2, 0.25) is 0 Å². The Morgan fingerprint density at radius 1 is 1.57 bits per heavy atom. The fourth-order valence-electron chi connectivity index (χ4n) is 1.03. The number of carboxylic acid groups (broad SMARTS) is 1. The van der Waals surface area contributed by atoms with Crippen LogP contribution in [-0.2, 0) is 4.79 Å². The van der Waals surface area contributed by atoms with Crippen LogP contribution < -0.4 is 0 Å². The summed E-state index contributed by atoms with van der Waals surface area (Å²) < 4.78 is 2.03. The molecule has 0 spiro atoms. The summed E-state index contributed by atoms with van der Waals surface area (Å²) >= 11 is 5.59. The van der Waals surface area contributed by atoms with E-state index in [0.29, 0.717) is 0 Å². The third kappa shape index (κ3) is 2.81. The van der Waals surface area contributed by atoms with E-state index < -0.39 is 5.97 Å². The zero-order chi connectivity index (χ0) is 10.7. The van der Waals surface area contributed by atoms with Crippen LogP contribution in [0, 0.1) is 10.5 Å². The smallest absolute Gasteiger partial charge is 0.328 e. The van der Waals surface area contributed by atoms with E-state index in [2.05, 4.69) is 38.5 Å². The molecule has 0 bridgehead atoms. The van der Waals surface area contributed by atoms with E-state index in [-0.39, 0.29) is 0 Å². The van der Waals surface area contributed by atoms with Crippen molar-refractivity contribution >= 4 is 50.6 Å². The number of hydrogen-bond donors (Lipinski definition) is 1. The van der Waals surface area contributed by atoms with E-state index in [9.17, 15) is 4.79 Å². The van der Waals surface area contributed by atoms with Crippen molar-refractivity contribution in [2.24, 2.45) is 0 Å². The van der Waals surface area contributed by atoms with Gasteiger partial charge in [0.15, 0.2) is 0 Å². The van der Waals surface area contributed by atoms with Gasteiger partial charge < -0.3 is 5.11 Å². The van der Waals surface area contributed by atoms with E-state index in [1.807, 2.05) is 19.1 Å². The van der Waals surface area contributed by atoms with Crippen molar-refractivity contribution in [1.82, 2.24) is 0 Å². The number of halogens is 2. The number of carboxylic acids is 1. The Hall–Kier alpha value is -0.360. The van der Waals surface area contributed by atoms with Gasteiger partial charge >= 0.3 is 5.97 Å². The molecule has 0 radical (unpaired) electrons. The van der Waals surface area contributed by atoms with Gasteiger partial charge in [-0.3, -0.25) is 0 Å². The van der Waals surface area contributed by atoms with Crippen molar-refractivity contribution in [2.75, 3.05) is 0 Å². The molecule has 0 atom stereocenters. The van der Waals surface area contributed by atoms with Crippen LogP contribution in [0.2, 0.25) is 0 Å². The van der Waals surface area contributed by atoms with Gasteiger partial charge in [-0.25, -0.2) is 4.79 Å². The van der Waals surface area contributed by atoms with Gasteiger partial charge in [-0.1, -0.05) is 15.9 Å². The topological polar surface area (TPSA) is 37.3 Å². The number of rotatable bonds is 2. The first kappa shape index (κ1) is 11.7. The Morgan fingerprint density at radius 2 is 2.21 bits per heavy atom. The van der Waals surface area contributed by atoms with Crippen LogP contribution in [-0.4, -0.2) is 11.1 Å². The van der Waals surface area contributed by atoms with E-state index in [1.54, 1.807) is 6.08 Å². The third-order valence-corrected chi connectivity index (χ3v) is 3.59. The molecule has 0 amide bonds. The van der Waals surface area contributed by atoms with E-state index >= 15 is 0 Å². The summed E-state index contributed by atoms with van der Waals surface area (Å²) in [6, 6.07) is 3.90. The molecule has 0 heterocycles. The SMILES string of the molecule is Cc1c(Br)ccc(I)c1/C=C/C(=O)O. The first-order chi connectivity index (χ1) is 6.52. The summed E-state index contributed by atoms with van der Waals surface area (Å²) in [4.78, 5) is 10.4. The molecule has 0 fully saturated rings. The van der Waals surface area contributed by atoms with Gasteiger partial charge in [-0.05, 0) is 58.9 Å². The molecule has 0 aromatic heterocycles. The fraction of sp³-hybridized carbons (Fsp3) is 0.100. The first-order valence-electron chi connectivity index (χ1n) is 3.88. The molecule has 0 saturated carbocycles. The summed E-state index contributed by atoms with van der Waals surface area (Å²) in [7, 11) is 0. The number of hydrogen-bond acceptors (Lipinski definition) is 1. The zero-order valence-electron chi connectivity index (χ0n) is 7.42. The number of carbonyl (C=O) groups is 1. The van der Waals surface area contributed by atoms with Crippen LogP contribution in [0.15, 0.2) is 22.7 Å². The minimum absolute atomic E-state index is 0.930. The summed E-state index contributed by atoms with van der Waals surface area (Å²) in [5.41, 5.74) is 2.00. The van der Waals surface area contributed by atoms with Crippen molar-refractivity contribution in [2.45, 2.75) is 6.92 Å². The number of aliphatic carboxylic acids is 1. The Balaban J connectivity index is 3.19. The molecular weight excluding hydrogens is 359 g/mol. The summed E-state index contributed by atoms with van der Waals surface area (Å²) in [6.07, 6.45) is 2.77. The molecule has 1 rings (SSSR count). The lowest BCUT2D eigenvalue weighted by Crippen LogP contribution is -1.90. The van der Waals surface area contributed by atoms with Gasteiger partial charge in [0.05, 0.1) is 0 Å². The molecule has 0 saturated heterocycles. The van der Waals surface area contributed by atoms with Crippen LogP contribution in [0.4, 0.5) is 0 Å². The second-order valence-electron chi connectivity index (χ2n) is 2.74. The quantitative estimate of drug-likeness (QED) is 0.642. The summed E-state index contributed by atoms with van der Waals surface area (Å²) in [5.74, 6) is -0.930. The highest BCUT2D eigenvalue weighted by Gasteiger charge is 2.03. The average molecular weight is 367 g/mol. The minimum Gasteiger partial charge on any atom is -0.478 e. The highest BCUT2D eigenvalue weighted by Crippen LogP contribution is 2.25. The predicted molar refractivity (Wildman–Crippen MR) is 68.3 cm³/mol. The predicted octanol–water partition coefficient (Wildman–Crippen LogP) is 3.46. The Bertz CT molecular complexity index is 399. The largest absolute Gasteiger partial charge is 0.478 e. The molecule has 14 heavy (non-hydrogen) atoms. The third-order valence-electron chi connectivity index (χ3n) is 1.79. The van der Waals surface area contributed by atoms with E-state index in [4.69, 9.17) is 5.11 Å². The van der Waals surface area contributed by atoms with Gasteiger partial charge in [0.25, 0.3) is 0 Å². The van der Waals surface area contributed by atoms with Crippen molar-refractivity contribution in [3.05, 3.63) is 37.4 Å². The average Bonchev–Trinajstić information content (AvgIpc) is 2.11. The van der Waals surface area contributed by atoms with Gasteiger partial charge in [0, 0.05) is 14.1 Å².